The van der Waals surface area contributed by atoms with Crippen LogP contribution in [0.4, 0.5) is 0 Å². The molecule has 34 heavy (non-hydrogen) atoms. The van der Waals surface area contributed by atoms with Crippen LogP contribution in [0.3, 0.4) is 0 Å². The highest BCUT2D eigenvalue weighted by molar-refractivity contribution is 9.10. The lowest BCUT2D eigenvalue weighted by atomic mass is 9.84. The van der Waals surface area contributed by atoms with Crippen LogP contribution in [0, 0.1) is 26.2 Å². The third kappa shape index (κ3) is 6.83. The second-order valence-electron chi connectivity index (χ2n) is 9.67. The van der Waals surface area contributed by atoms with Gasteiger partial charge in [0.2, 0.25) is 0 Å². The number of benzene rings is 2. The lowest BCUT2D eigenvalue weighted by Gasteiger charge is -2.39. The number of hydrogen-bond acceptors (Lipinski definition) is 4. The molecule has 7 heteroatoms. The molecular formula is C27H37BrN2O4. The molecule has 0 saturated heterocycles. The lowest BCUT2D eigenvalue weighted by molar-refractivity contribution is 0.0284. The molecule has 0 saturated carbocycles. The third-order valence-corrected chi connectivity index (χ3v) is 6.37. The number of halogens is 1. The van der Waals surface area contributed by atoms with Crippen molar-refractivity contribution in [3.63, 3.8) is 0 Å². The fourth-order valence-corrected chi connectivity index (χ4v) is 4.71. The Kier molecular flexibility index (Phi) is 9.71. The Morgan fingerprint density at radius 1 is 1.06 bits per heavy atom. The Hall–Kier alpha value is -2.38. The summed E-state index contributed by atoms with van der Waals surface area (Å²) < 4.78 is 11.7. The van der Waals surface area contributed by atoms with Gasteiger partial charge in [-0.1, -0.05) is 44.9 Å². The quantitative estimate of drug-likeness (QED) is 0.333. The van der Waals surface area contributed by atoms with Crippen LogP contribution in [0.2, 0.25) is 0 Å². The first-order valence-corrected chi connectivity index (χ1v) is 12.3. The predicted octanol–water partition coefficient (Wildman–Crippen LogP) is 6.01. The number of carbonyl (C=O) groups is 2. The van der Waals surface area contributed by atoms with Gasteiger partial charge in [0.15, 0.2) is 0 Å². The van der Waals surface area contributed by atoms with Gasteiger partial charge in [0, 0.05) is 23.8 Å². The molecule has 2 amide bonds. The van der Waals surface area contributed by atoms with Gasteiger partial charge < -0.3 is 9.47 Å². The van der Waals surface area contributed by atoms with E-state index in [9.17, 15) is 9.59 Å². The van der Waals surface area contributed by atoms with Crippen LogP contribution in [0.15, 0.2) is 34.8 Å². The standard InChI is InChI=1S/C27H37BrN2O4/c1-9-23(27(5,6)7)30(26(32)20-15-17(2)14-18(3)16-20)29-25(31)21-10-11-22(28)24(19(21)4)34-13-12-33-8/h10-11,14-16,23H,9,12-13H2,1-8H3,(H,29,31). The maximum Gasteiger partial charge on any atom is 0.272 e. The SMILES string of the molecule is CCC(N(NC(=O)c1ccc(Br)c(OCCOC)c1C)C(=O)c1cc(C)cc(C)c1)C(C)(C)C. The van der Waals surface area contributed by atoms with E-state index in [1.165, 1.54) is 5.01 Å². The van der Waals surface area contributed by atoms with Crippen molar-refractivity contribution in [2.75, 3.05) is 20.3 Å². The molecule has 0 aliphatic carbocycles. The second kappa shape index (κ2) is 11.8. The molecule has 0 aliphatic heterocycles. The largest absolute Gasteiger partial charge is 0.490 e. The summed E-state index contributed by atoms with van der Waals surface area (Å²) in [6.45, 7) is 14.8. The molecule has 0 fully saturated rings. The van der Waals surface area contributed by atoms with E-state index in [1.54, 1.807) is 19.2 Å². The Labute approximate surface area is 212 Å². The normalized spacial score (nSPS) is 12.3. The molecular weight excluding hydrogens is 496 g/mol. The highest BCUT2D eigenvalue weighted by Gasteiger charge is 2.34. The summed E-state index contributed by atoms with van der Waals surface area (Å²) in [6, 6.07) is 9.04. The second-order valence-corrected chi connectivity index (χ2v) is 10.5. The molecule has 1 unspecified atom stereocenters. The average molecular weight is 534 g/mol. The van der Waals surface area contributed by atoms with Crippen molar-refractivity contribution in [2.24, 2.45) is 5.41 Å². The molecule has 2 aromatic carbocycles. The number of amides is 2. The summed E-state index contributed by atoms with van der Waals surface area (Å²) in [5.41, 5.74) is 6.36. The summed E-state index contributed by atoms with van der Waals surface area (Å²) in [5, 5.41) is 1.50. The van der Waals surface area contributed by atoms with Gasteiger partial charge in [0.25, 0.3) is 11.8 Å². The van der Waals surface area contributed by atoms with Crippen LogP contribution in [0.1, 0.15) is 71.5 Å². The summed E-state index contributed by atoms with van der Waals surface area (Å²) in [5.74, 6) is -0.00461. The molecule has 186 valence electrons. The zero-order chi connectivity index (χ0) is 25.6. The van der Waals surface area contributed by atoms with E-state index in [2.05, 4.69) is 42.1 Å². The molecule has 0 radical (unpaired) electrons. The van der Waals surface area contributed by atoms with Crippen molar-refractivity contribution in [3.8, 4) is 5.75 Å². The molecule has 0 aromatic heterocycles. The first-order chi connectivity index (χ1) is 15.9. The van der Waals surface area contributed by atoms with E-state index in [0.29, 0.717) is 42.1 Å². The molecule has 0 aliphatic rings. The van der Waals surface area contributed by atoms with E-state index in [0.717, 1.165) is 15.6 Å². The maximum absolute atomic E-state index is 13.7. The van der Waals surface area contributed by atoms with Crippen molar-refractivity contribution < 1.29 is 19.1 Å². The van der Waals surface area contributed by atoms with Gasteiger partial charge in [-0.3, -0.25) is 15.0 Å². The summed E-state index contributed by atoms with van der Waals surface area (Å²) in [7, 11) is 1.61. The van der Waals surface area contributed by atoms with Gasteiger partial charge in [-0.15, -0.1) is 0 Å². The van der Waals surface area contributed by atoms with Crippen LogP contribution < -0.4 is 10.2 Å². The van der Waals surface area contributed by atoms with Gasteiger partial charge in [-0.2, -0.15) is 0 Å². The number of nitrogens with zero attached hydrogens (tertiary/aromatic N) is 1. The number of nitrogens with one attached hydrogen (secondary N) is 1. The van der Waals surface area contributed by atoms with Gasteiger partial charge in [-0.05, 0) is 72.8 Å². The van der Waals surface area contributed by atoms with Crippen molar-refractivity contribution >= 4 is 27.7 Å². The zero-order valence-electron chi connectivity index (χ0n) is 21.5. The Morgan fingerprint density at radius 3 is 2.21 bits per heavy atom. The molecule has 0 bridgehead atoms. The average Bonchev–Trinajstić information content (AvgIpc) is 2.73. The van der Waals surface area contributed by atoms with Crippen LogP contribution in [-0.4, -0.2) is 43.2 Å². The minimum atomic E-state index is -0.359. The Bertz CT molecular complexity index is 1010. The van der Waals surface area contributed by atoms with Crippen molar-refractivity contribution in [1.82, 2.24) is 10.4 Å². The van der Waals surface area contributed by atoms with Gasteiger partial charge in [0.05, 0.1) is 17.1 Å². The van der Waals surface area contributed by atoms with E-state index < -0.39 is 0 Å². The number of hydrogen-bond donors (Lipinski definition) is 1. The summed E-state index contributed by atoms with van der Waals surface area (Å²) in [4.78, 5) is 27.2. The van der Waals surface area contributed by atoms with Crippen molar-refractivity contribution in [3.05, 3.63) is 62.6 Å². The maximum atomic E-state index is 13.7. The molecule has 2 aromatic rings. The smallest absolute Gasteiger partial charge is 0.272 e. The number of ether oxygens (including phenoxy) is 2. The number of rotatable bonds is 8. The van der Waals surface area contributed by atoms with Crippen LogP contribution >= 0.6 is 15.9 Å². The summed E-state index contributed by atoms with van der Waals surface area (Å²) >= 11 is 3.50. The molecule has 0 spiro atoms. The van der Waals surface area contributed by atoms with Crippen molar-refractivity contribution in [1.29, 1.82) is 0 Å². The molecule has 1 N–H and O–H groups in total. The first kappa shape index (κ1) is 27.9. The molecule has 2 rings (SSSR count). The van der Waals surface area contributed by atoms with E-state index in [-0.39, 0.29) is 23.3 Å². The van der Waals surface area contributed by atoms with E-state index in [4.69, 9.17) is 9.47 Å². The lowest BCUT2D eigenvalue weighted by Crippen LogP contribution is -2.56. The minimum Gasteiger partial charge on any atom is -0.490 e. The number of carbonyl (C=O) groups excluding carboxylic acids is 2. The Balaban J connectivity index is 2.46. The number of aryl methyl sites for hydroxylation is 2. The highest BCUT2D eigenvalue weighted by Crippen LogP contribution is 2.32. The van der Waals surface area contributed by atoms with Gasteiger partial charge in [-0.25, -0.2) is 5.01 Å². The number of hydrazine groups is 1. The number of methoxy groups -OCH3 is 1. The predicted molar refractivity (Wildman–Crippen MR) is 139 cm³/mol. The fraction of sp³-hybridized carbons (Fsp3) is 0.481. The van der Waals surface area contributed by atoms with Crippen LogP contribution in [-0.2, 0) is 4.74 Å². The van der Waals surface area contributed by atoms with Gasteiger partial charge in [0.1, 0.15) is 12.4 Å². The molecule has 6 nitrogen and oxygen atoms in total. The molecule has 0 heterocycles. The third-order valence-electron chi connectivity index (χ3n) is 5.74. The molecule has 1 atom stereocenters. The van der Waals surface area contributed by atoms with E-state index >= 15 is 0 Å². The summed E-state index contributed by atoms with van der Waals surface area (Å²) in [6.07, 6.45) is 0.686. The fourth-order valence-electron chi connectivity index (χ4n) is 4.17. The van der Waals surface area contributed by atoms with Crippen LogP contribution in [0.5, 0.6) is 5.75 Å². The van der Waals surface area contributed by atoms with Gasteiger partial charge >= 0.3 is 0 Å². The first-order valence-electron chi connectivity index (χ1n) is 11.5. The monoisotopic (exact) mass is 532 g/mol. The van der Waals surface area contributed by atoms with Crippen molar-refractivity contribution in [2.45, 2.75) is 60.9 Å². The zero-order valence-corrected chi connectivity index (χ0v) is 23.1. The minimum absolute atomic E-state index is 0.210. The van der Waals surface area contributed by atoms with Crippen LogP contribution in [0.25, 0.3) is 0 Å². The topological polar surface area (TPSA) is 67.9 Å². The Morgan fingerprint density at radius 2 is 1.68 bits per heavy atom. The highest BCUT2D eigenvalue weighted by atomic mass is 79.9. The van der Waals surface area contributed by atoms with E-state index in [1.807, 2.05) is 45.9 Å².